The fraction of sp³-hybridized carbons (Fsp3) is 0.350. The van der Waals surface area contributed by atoms with Crippen LogP contribution >= 0.6 is 0 Å². The van der Waals surface area contributed by atoms with E-state index in [4.69, 9.17) is 14.2 Å². The van der Waals surface area contributed by atoms with E-state index in [9.17, 15) is 13.2 Å². The molecule has 1 N–H and O–H groups in total. The Morgan fingerprint density at radius 3 is 2.39 bits per heavy atom. The molecule has 3 rings (SSSR count). The molecule has 0 aliphatic heterocycles. The molecule has 1 fully saturated rings. The van der Waals surface area contributed by atoms with Crippen LogP contribution in [0.4, 0.5) is 0 Å². The Kier molecular flexibility index (Phi) is 6.21. The topological polar surface area (TPSA) is 90.9 Å². The van der Waals surface area contributed by atoms with Gasteiger partial charge in [-0.25, -0.2) is 17.9 Å². The summed E-state index contributed by atoms with van der Waals surface area (Å²) >= 11 is 0. The Hall–Kier alpha value is -2.58. The number of methoxy groups -OCH3 is 2. The molecule has 0 amide bonds. The molecule has 2 aromatic rings. The highest BCUT2D eigenvalue weighted by Gasteiger charge is 2.30. The molecule has 1 aliphatic carbocycles. The fourth-order valence-corrected chi connectivity index (χ4v) is 4.13. The lowest BCUT2D eigenvalue weighted by Crippen LogP contribution is -2.26. The van der Waals surface area contributed by atoms with Gasteiger partial charge in [-0.1, -0.05) is 12.1 Å². The zero-order valence-electron chi connectivity index (χ0n) is 15.8. The second kappa shape index (κ2) is 8.62. The van der Waals surface area contributed by atoms with E-state index in [0.29, 0.717) is 6.42 Å². The summed E-state index contributed by atoms with van der Waals surface area (Å²) < 4.78 is 43.2. The number of sulfonamides is 1. The van der Waals surface area contributed by atoms with Gasteiger partial charge in [0.25, 0.3) is 0 Å². The average Bonchev–Trinajstić information content (AvgIpc) is 3.51. The van der Waals surface area contributed by atoms with Gasteiger partial charge in [-0.15, -0.1) is 0 Å². The monoisotopic (exact) mass is 405 g/mol. The fourth-order valence-electron chi connectivity index (χ4n) is 2.63. The van der Waals surface area contributed by atoms with Crippen molar-refractivity contribution in [3.05, 3.63) is 53.6 Å². The Morgan fingerprint density at radius 2 is 1.79 bits per heavy atom. The van der Waals surface area contributed by atoms with E-state index in [-0.39, 0.29) is 28.9 Å². The highest BCUT2D eigenvalue weighted by atomic mass is 32.2. The van der Waals surface area contributed by atoms with Gasteiger partial charge in [0, 0.05) is 12.5 Å². The van der Waals surface area contributed by atoms with Crippen LogP contribution in [0.15, 0.2) is 47.4 Å². The van der Waals surface area contributed by atoms with Gasteiger partial charge in [0.1, 0.15) is 16.4 Å². The van der Waals surface area contributed by atoms with Gasteiger partial charge in [-0.3, -0.25) is 0 Å². The number of hydrogen-bond acceptors (Lipinski definition) is 6. The molecule has 1 saturated carbocycles. The van der Waals surface area contributed by atoms with Crippen LogP contribution in [0.5, 0.6) is 11.5 Å². The van der Waals surface area contributed by atoms with Gasteiger partial charge in [0.2, 0.25) is 10.0 Å². The Balaban J connectivity index is 1.66. The molecule has 150 valence electrons. The van der Waals surface area contributed by atoms with Crippen LogP contribution < -0.4 is 14.2 Å². The third-order valence-corrected chi connectivity index (χ3v) is 5.91. The highest BCUT2D eigenvalue weighted by Crippen LogP contribution is 2.28. The van der Waals surface area contributed by atoms with Crippen molar-refractivity contribution in [3.63, 3.8) is 0 Å². The van der Waals surface area contributed by atoms with E-state index >= 15 is 0 Å². The molecule has 0 unspecified atom stereocenters. The summed E-state index contributed by atoms with van der Waals surface area (Å²) in [5.74, 6) is 0.356. The zero-order chi connectivity index (χ0) is 20.1. The minimum Gasteiger partial charge on any atom is -0.497 e. The smallest absolute Gasteiger partial charge is 0.338 e. The standard InChI is InChI=1S/C20H23NO6S/c1-25-17-8-3-14(4-9-17)11-12-27-20(22)15-5-10-18(26-2)19(13-15)28(23,24)21-16-6-7-16/h3-5,8-10,13,16,21H,6-7,11-12H2,1-2H3. The molecule has 0 heterocycles. The number of ether oxygens (including phenoxy) is 3. The van der Waals surface area contributed by atoms with E-state index in [0.717, 1.165) is 24.2 Å². The summed E-state index contributed by atoms with van der Waals surface area (Å²) in [6.07, 6.45) is 2.17. The number of hydrogen-bond donors (Lipinski definition) is 1. The third kappa shape index (κ3) is 5.02. The van der Waals surface area contributed by atoms with E-state index in [2.05, 4.69) is 4.72 Å². The lowest BCUT2D eigenvalue weighted by molar-refractivity contribution is 0.0509. The number of carbonyl (C=O) groups excluding carboxylic acids is 1. The van der Waals surface area contributed by atoms with Crippen molar-refractivity contribution in [3.8, 4) is 11.5 Å². The third-order valence-electron chi connectivity index (χ3n) is 4.37. The van der Waals surface area contributed by atoms with Crippen LogP contribution in [0.1, 0.15) is 28.8 Å². The second-order valence-corrected chi connectivity index (χ2v) is 8.18. The number of benzene rings is 2. The van der Waals surface area contributed by atoms with Crippen molar-refractivity contribution < 1.29 is 27.4 Å². The maximum Gasteiger partial charge on any atom is 0.338 e. The van der Waals surface area contributed by atoms with Gasteiger partial charge in [-0.2, -0.15) is 0 Å². The zero-order valence-corrected chi connectivity index (χ0v) is 16.6. The molecule has 28 heavy (non-hydrogen) atoms. The van der Waals surface area contributed by atoms with E-state index in [1.807, 2.05) is 24.3 Å². The number of carbonyl (C=O) groups is 1. The van der Waals surface area contributed by atoms with E-state index < -0.39 is 16.0 Å². The molecule has 8 heteroatoms. The van der Waals surface area contributed by atoms with Crippen LogP contribution in [0, 0.1) is 0 Å². The summed E-state index contributed by atoms with van der Waals surface area (Å²) in [6, 6.07) is 11.7. The largest absolute Gasteiger partial charge is 0.497 e. The van der Waals surface area contributed by atoms with E-state index in [1.54, 1.807) is 7.11 Å². The molecule has 7 nitrogen and oxygen atoms in total. The molecule has 0 atom stereocenters. The predicted molar refractivity (Wildman–Crippen MR) is 103 cm³/mol. The molecule has 0 radical (unpaired) electrons. The first kappa shape index (κ1) is 20.2. The highest BCUT2D eigenvalue weighted by molar-refractivity contribution is 7.89. The number of esters is 1. The number of nitrogens with one attached hydrogen (secondary N) is 1. The number of rotatable bonds is 9. The summed E-state index contributed by atoms with van der Waals surface area (Å²) in [5, 5.41) is 0. The maximum absolute atomic E-state index is 12.5. The Morgan fingerprint density at radius 1 is 1.07 bits per heavy atom. The van der Waals surface area contributed by atoms with Crippen LogP contribution in [-0.4, -0.2) is 41.3 Å². The van der Waals surface area contributed by atoms with Crippen LogP contribution in [0.2, 0.25) is 0 Å². The van der Waals surface area contributed by atoms with Crippen molar-refractivity contribution in [2.24, 2.45) is 0 Å². The van der Waals surface area contributed by atoms with Gasteiger partial charge >= 0.3 is 5.97 Å². The molecule has 0 bridgehead atoms. The maximum atomic E-state index is 12.5. The first-order valence-electron chi connectivity index (χ1n) is 8.93. The van der Waals surface area contributed by atoms with E-state index in [1.165, 1.54) is 25.3 Å². The van der Waals surface area contributed by atoms with Crippen molar-refractivity contribution in [1.29, 1.82) is 0 Å². The summed E-state index contributed by atoms with van der Waals surface area (Å²) in [4.78, 5) is 12.3. The molecule has 0 saturated heterocycles. The van der Waals surface area contributed by atoms with Gasteiger partial charge in [0.15, 0.2) is 0 Å². The minimum absolute atomic E-state index is 0.0465. The van der Waals surface area contributed by atoms with Crippen LogP contribution in [0.3, 0.4) is 0 Å². The summed E-state index contributed by atoms with van der Waals surface area (Å²) in [6.45, 7) is 0.180. The molecule has 0 aromatic heterocycles. The SMILES string of the molecule is COc1ccc(CCOC(=O)c2ccc(OC)c(S(=O)(=O)NC3CC3)c2)cc1. The molecule has 0 spiro atoms. The first-order chi connectivity index (χ1) is 13.4. The summed E-state index contributed by atoms with van der Waals surface area (Å²) in [5.41, 5.74) is 1.16. The Bertz CT molecular complexity index is 936. The van der Waals surface area contributed by atoms with Crippen LogP contribution in [-0.2, 0) is 21.2 Å². The van der Waals surface area contributed by atoms with Gasteiger partial charge < -0.3 is 14.2 Å². The van der Waals surface area contributed by atoms with Gasteiger partial charge in [0.05, 0.1) is 26.4 Å². The van der Waals surface area contributed by atoms with Crippen molar-refractivity contribution in [2.75, 3.05) is 20.8 Å². The van der Waals surface area contributed by atoms with Crippen molar-refractivity contribution >= 4 is 16.0 Å². The normalized spacial score (nSPS) is 13.8. The van der Waals surface area contributed by atoms with Gasteiger partial charge in [-0.05, 0) is 48.7 Å². The first-order valence-corrected chi connectivity index (χ1v) is 10.4. The lowest BCUT2D eigenvalue weighted by atomic mass is 10.1. The van der Waals surface area contributed by atoms with Crippen molar-refractivity contribution in [2.45, 2.75) is 30.2 Å². The summed E-state index contributed by atoms with van der Waals surface area (Å²) in [7, 11) is -0.776. The molecular weight excluding hydrogens is 382 g/mol. The van der Waals surface area contributed by atoms with Crippen molar-refractivity contribution in [1.82, 2.24) is 4.72 Å². The molecule has 2 aromatic carbocycles. The second-order valence-electron chi connectivity index (χ2n) is 6.50. The predicted octanol–water partition coefficient (Wildman–Crippen LogP) is 2.54. The quantitative estimate of drug-likeness (QED) is 0.645. The molecular formula is C20H23NO6S. The minimum atomic E-state index is -3.76. The average molecular weight is 405 g/mol. The Labute approximate surface area is 164 Å². The molecule has 1 aliphatic rings. The van der Waals surface area contributed by atoms with Crippen LogP contribution in [0.25, 0.3) is 0 Å². The lowest BCUT2D eigenvalue weighted by Gasteiger charge is -2.12.